The molecule has 1 aliphatic carbocycles. The Bertz CT molecular complexity index is 577. The lowest BCUT2D eigenvalue weighted by Crippen LogP contribution is -1.91. The Labute approximate surface area is 143 Å². The molecule has 0 radical (unpaired) electrons. The Kier molecular flexibility index (Phi) is 7.57. The number of hydrogen-bond acceptors (Lipinski definition) is 1. The summed E-state index contributed by atoms with van der Waals surface area (Å²) in [5.41, 5.74) is 1.10. The highest BCUT2D eigenvalue weighted by Gasteiger charge is 2.20. The first kappa shape index (κ1) is 17.1. The van der Waals surface area contributed by atoms with Crippen molar-refractivity contribution in [3.63, 3.8) is 0 Å². The molecule has 2 aromatic rings. The average Bonchev–Trinajstić information content (AvgIpc) is 3.19. The van der Waals surface area contributed by atoms with Gasteiger partial charge in [0.15, 0.2) is 0 Å². The molecule has 0 spiro atoms. The molecular formula is C20H23ClS. The molecule has 22 heavy (non-hydrogen) atoms. The van der Waals surface area contributed by atoms with Crippen LogP contribution < -0.4 is 0 Å². The van der Waals surface area contributed by atoms with E-state index in [-0.39, 0.29) is 0 Å². The molecule has 1 saturated carbocycles. The van der Waals surface area contributed by atoms with Gasteiger partial charge in [-0.3, -0.25) is 0 Å². The highest BCUT2D eigenvalue weighted by molar-refractivity contribution is 7.09. The van der Waals surface area contributed by atoms with Gasteiger partial charge in [0.2, 0.25) is 0 Å². The first-order valence-electron chi connectivity index (χ1n) is 8.01. The summed E-state index contributed by atoms with van der Waals surface area (Å²) in [6.07, 6.45) is 5.85. The first-order chi connectivity index (χ1) is 10.8. The maximum absolute atomic E-state index is 6.02. The smallest absolute Gasteiger partial charge is 0.0348 e. The number of benzene rings is 1. The number of aryl methyl sites for hydroxylation is 1. The minimum absolute atomic E-state index is 0.352. The summed E-state index contributed by atoms with van der Waals surface area (Å²) >= 11 is 7.87. The van der Waals surface area contributed by atoms with Gasteiger partial charge in [0.25, 0.3) is 0 Å². The Morgan fingerprint density at radius 1 is 1.14 bits per heavy atom. The molecule has 2 unspecified atom stereocenters. The molecule has 116 valence electrons. The van der Waals surface area contributed by atoms with Crippen molar-refractivity contribution in [2.75, 3.05) is 0 Å². The zero-order valence-corrected chi connectivity index (χ0v) is 14.7. The Balaban J connectivity index is 0.000000188. The fraction of sp³-hybridized carbons (Fsp3) is 0.400. The maximum atomic E-state index is 6.02. The molecule has 0 bridgehead atoms. The van der Waals surface area contributed by atoms with Gasteiger partial charge in [-0.2, -0.15) is 0 Å². The molecule has 0 aliphatic heterocycles. The molecule has 1 aromatic carbocycles. The molecule has 0 saturated heterocycles. The van der Waals surface area contributed by atoms with Crippen LogP contribution in [0.4, 0.5) is 0 Å². The summed E-state index contributed by atoms with van der Waals surface area (Å²) in [5.74, 6) is 7.00. The number of hydrogen-bond donors (Lipinski definition) is 0. The molecule has 0 N–H and O–H groups in total. The van der Waals surface area contributed by atoms with E-state index in [1.807, 2.05) is 41.7 Å². The molecule has 2 atom stereocenters. The van der Waals surface area contributed by atoms with Crippen LogP contribution in [0.2, 0.25) is 0 Å². The van der Waals surface area contributed by atoms with E-state index in [2.05, 4.69) is 36.3 Å². The van der Waals surface area contributed by atoms with Crippen LogP contribution in [-0.4, -0.2) is 5.38 Å². The third-order valence-electron chi connectivity index (χ3n) is 3.64. The van der Waals surface area contributed by atoms with Crippen molar-refractivity contribution in [1.82, 2.24) is 0 Å². The summed E-state index contributed by atoms with van der Waals surface area (Å²) in [4.78, 5) is 1.51. The van der Waals surface area contributed by atoms with Crippen molar-refractivity contribution in [1.29, 1.82) is 0 Å². The van der Waals surface area contributed by atoms with Gasteiger partial charge in [-0.05, 0) is 49.3 Å². The van der Waals surface area contributed by atoms with Crippen LogP contribution in [0.1, 0.15) is 43.0 Å². The maximum Gasteiger partial charge on any atom is 0.0348 e. The topological polar surface area (TPSA) is 0 Å². The highest BCUT2D eigenvalue weighted by Crippen LogP contribution is 2.28. The van der Waals surface area contributed by atoms with Crippen molar-refractivity contribution in [3.8, 4) is 11.8 Å². The van der Waals surface area contributed by atoms with Gasteiger partial charge in [0.05, 0.1) is 0 Å². The zero-order valence-electron chi connectivity index (χ0n) is 13.1. The van der Waals surface area contributed by atoms with E-state index in [1.165, 1.54) is 17.7 Å². The molecule has 0 nitrogen and oxygen atoms in total. The number of thiophene rings is 1. The quantitative estimate of drug-likeness (QED) is 0.458. The third-order valence-corrected chi connectivity index (χ3v) is 4.97. The SMILES string of the molecule is CCCc1cccs1.ClC1CCC(C#Cc2ccccc2)C1. The predicted octanol–water partition coefficient (Wildman–Crippen LogP) is 6.15. The summed E-state index contributed by atoms with van der Waals surface area (Å²) in [5, 5.41) is 2.48. The largest absolute Gasteiger partial charge is 0.149 e. The summed E-state index contributed by atoms with van der Waals surface area (Å²) in [7, 11) is 0. The Hall–Kier alpha value is -1.23. The molecule has 3 rings (SSSR count). The first-order valence-corrected chi connectivity index (χ1v) is 9.32. The van der Waals surface area contributed by atoms with Crippen LogP contribution in [0.25, 0.3) is 0 Å². The van der Waals surface area contributed by atoms with Crippen LogP contribution in [0.3, 0.4) is 0 Å². The Morgan fingerprint density at radius 2 is 1.95 bits per heavy atom. The number of rotatable bonds is 2. The molecule has 1 fully saturated rings. The lowest BCUT2D eigenvalue weighted by atomic mass is 10.1. The van der Waals surface area contributed by atoms with Crippen LogP contribution in [0, 0.1) is 17.8 Å². The second kappa shape index (κ2) is 9.72. The van der Waals surface area contributed by atoms with Crippen molar-refractivity contribution in [3.05, 3.63) is 58.3 Å². The van der Waals surface area contributed by atoms with Gasteiger partial charge >= 0.3 is 0 Å². The number of alkyl halides is 1. The Morgan fingerprint density at radius 3 is 2.55 bits per heavy atom. The van der Waals surface area contributed by atoms with Crippen molar-refractivity contribution in [2.45, 2.75) is 44.4 Å². The molecular weight excluding hydrogens is 308 g/mol. The van der Waals surface area contributed by atoms with E-state index in [0.29, 0.717) is 11.3 Å². The van der Waals surface area contributed by atoms with Crippen molar-refractivity contribution >= 4 is 22.9 Å². The molecule has 0 amide bonds. The van der Waals surface area contributed by atoms with Crippen LogP contribution >= 0.6 is 22.9 Å². The fourth-order valence-corrected chi connectivity index (χ4v) is 3.62. The molecule has 1 aliphatic rings. The fourth-order valence-electron chi connectivity index (χ4n) is 2.47. The van der Waals surface area contributed by atoms with Gasteiger partial charge in [0, 0.05) is 21.7 Å². The van der Waals surface area contributed by atoms with E-state index >= 15 is 0 Å². The monoisotopic (exact) mass is 330 g/mol. The minimum atomic E-state index is 0.352. The van der Waals surface area contributed by atoms with Gasteiger partial charge in [-0.25, -0.2) is 0 Å². The summed E-state index contributed by atoms with van der Waals surface area (Å²) in [6, 6.07) is 14.4. The van der Waals surface area contributed by atoms with Crippen molar-refractivity contribution < 1.29 is 0 Å². The lowest BCUT2D eigenvalue weighted by molar-refractivity contribution is 0.713. The molecule has 2 heteroatoms. The van der Waals surface area contributed by atoms with Gasteiger partial charge in [0.1, 0.15) is 0 Å². The standard InChI is InChI=1S/C13H13Cl.C7H10S/c14-13-9-8-12(10-13)7-6-11-4-2-1-3-5-11;1-2-4-7-5-3-6-8-7/h1-5,12-13H,8-10H2;3,5-6H,2,4H2,1H3. The van der Waals surface area contributed by atoms with Crippen LogP contribution in [-0.2, 0) is 6.42 Å². The van der Waals surface area contributed by atoms with Crippen LogP contribution in [0.5, 0.6) is 0 Å². The second-order valence-electron chi connectivity index (χ2n) is 5.57. The predicted molar refractivity (Wildman–Crippen MR) is 98.6 cm³/mol. The van der Waals surface area contributed by atoms with Crippen molar-refractivity contribution in [2.24, 2.45) is 5.92 Å². The van der Waals surface area contributed by atoms with Gasteiger partial charge in [-0.1, -0.05) is 49.5 Å². The van der Waals surface area contributed by atoms with E-state index in [0.717, 1.165) is 24.8 Å². The number of halogens is 1. The second-order valence-corrected chi connectivity index (χ2v) is 7.22. The normalized spacial score (nSPS) is 19.7. The molecule has 1 aromatic heterocycles. The van der Waals surface area contributed by atoms with E-state index in [1.54, 1.807) is 0 Å². The average molecular weight is 331 g/mol. The highest BCUT2D eigenvalue weighted by atomic mass is 35.5. The summed E-state index contributed by atoms with van der Waals surface area (Å²) in [6.45, 7) is 2.21. The summed E-state index contributed by atoms with van der Waals surface area (Å²) < 4.78 is 0. The van der Waals surface area contributed by atoms with E-state index < -0.39 is 0 Å². The van der Waals surface area contributed by atoms with E-state index in [4.69, 9.17) is 11.6 Å². The third kappa shape index (κ3) is 6.26. The minimum Gasteiger partial charge on any atom is -0.149 e. The lowest BCUT2D eigenvalue weighted by Gasteiger charge is -1.96. The van der Waals surface area contributed by atoms with E-state index in [9.17, 15) is 0 Å². The molecule has 1 heterocycles. The zero-order chi connectivity index (χ0) is 15.6. The van der Waals surface area contributed by atoms with Crippen LogP contribution in [0.15, 0.2) is 47.8 Å². The van der Waals surface area contributed by atoms with Gasteiger partial charge in [-0.15, -0.1) is 22.9 Å². The van der Waals surface area contributed by atoms with Gasteiger partial charge < -0.3 is 0 Å².